The van der Waals surface area contributed by atoms with Crippen LogP contribution in [0.4, 0.5) is 0 Å². The van der Waals surface area contributed by atoms with Crippen LogP contribution in [0.15, 0.2) is 27.6 Å². The van der Waals surface area contributed by atoms with Crippen molar-refractivity contribution in [2.75, 3.05) is 6.61 Å². The van der Waals surface area contributed by atoms with Crippen molar-refractivity contribution in [1.82, 2.24) is 0 Å². The fourth-order valence-electron chi connectivity index (χ4n) is 1.85. The lowest BCUT2D eigenvalue weighted by atomic mass is 9.86. The summed E-state index contributed by atoms with van der Waals surface area (Å²) in [6.45, 7) is 7.64. The normalized spacial score (nSPS) is 13.4. The Morgan fingerprint density at radius 3 is 2.38 bits per heavy atom. The number of aryl methyl sites for hydroxylation is 1. The molecular weight excluding hydrogens is 333 g/mol. The van der Waals surface area contributed by atoms with Gasteiger partial charge in [-0.05, 0) is 30.0 Å². The molecule has 4 nitrogen and oxygen atoms in total. The first-order valence-corrected chi connectivity index (χ1v) is 8.58. The van der Waals surface area contributed by atoms with Crippen LogP contribution in [0.25, 0.3) is 0 Å². The van der Waals surface area contributed by atoms with E-state index in [4.69, 9.17) is 33.1 Å². The molecule has 1 rings (SSSR count). The predicted molar refractivity (Wildman–Crippen MR) is 86.5 cm³/mol. The standard InChI is InChI=1S/C14H19Cl2NO3S/c1-9-5-12(20-8-10(16)7-15)11(14(2,3)4)6-13(9)21(17,18)19/h5-7H,8H2,1-4H3,(H2,17,18,19)/b10-7-. The average molecular weight is 352 g/mol. The molecule has 0 radical (unpaired) electrons. The largest absolute Gasteiger partial charge is 0.488 e. The van der Waals surface area contributed by atoms with Crippen LogP contribution in [0.2, 0.25) is 0 Å². The van der Waals surface area contributed by atoms with Crippen LogP contribution in [0.5, 0.6) is 5.75 Å². The van der Waals surface area contributed by atoms with Crippen LogP contribution in [0.1, 0.15) is 31.9 Å². The highest BCUT2D eigenvalue weighted by atomic mass is 35.5. The van der Waals surface area contributed by atoms with Gasteiger partial charge >= 0.3 is 0 Å². The monoisotopic (exact) mass is 351 g/mol. The van der Waals surface area contributed by atoms with E-state index in [1.165, 1.54) is 5.54 Å². The SMILES string of the molecule is Cc1cc(OC/C(Cl)=C/Cl)c(C(C)(C)C)cc1S(N)(=O)=O. The van der Waals surface area contributed by atoms with Gasteiger partial charge in [0.05, 0.1) is 9.93 Å². The van der Waals surface area contributed by atoms with Gasteiger partial charge < -0.3 is 4.74 Å². The number of hydrogen-bond acceptors (Lipinski definition) is 3. The van der Waals surface area contributed by atoms with Crippen molar-refractivity contribution in [1.29, 1.82) is 0 Å². The molecule has 1 aromatic carbocycles. The number of benzene rings is 1. The fourth-order valence-corrected chi connectivity index (χ4v) is 2.76. The van der Waals surface area contributed by atoms with Gasteiger partial charge in [0.1, 0.15) is 12.4 Å². The highest BCUT2D eigenvalue weighted by molar-refractivity contribution is 7.89. The van der Waals surface area contributed by atoms with E-state index in [1.54, 1.807) is 19.1 Å². The maximum Gasteiger partial charge on any atom is 0.238 e. The number of rotatable bonds is 4. The topological polar surface area (TPSA) is 69.4 Å². The zero-order valence-electron chi connectivity index (χ0n) is 12.4. The summed E-state index contributed by atoms with van der Waals surface area (Å²) in [6, 6.07) is 3.21. The minimum atomic E-state index is -3.78. The Morgan fingerprint density at radius 2 is 1.95 bits per heavy atom. The summed E-state index contributed by atoms with van der Waals surface area (Å²) in [5.41, 5.74) is 2.16. The van der Waals surface area contributed by atoms with Crippen LogP contribution in [-0.4, -0.2) is 15.0 Å². The Balaban J connectivity index is 3.41. The summed E-state index contributed by atoms with van der Waals surface area (Å²) < 4.78 is 28.9. The Morgan fingerprint density at radius 1 is 1.38 bits per heavy atom. The number of ether oxygens (including phenoxy) is 1. The lowest BCUT2D eigenvalue weighted by Gasteiger charge is -2.24. The minimum Gasteiger partial charge on any atom is -0.488 e. The fraction of sp³-hybridized carbons (Fsp3) is 0.429. The molecule has 0 saturated carbocycles. The lowest BCUT2D eigenvalue weighted by Crippen LogP contribution is -2.19. The smallest absolute Gasteiger partial charge is 0.238 e. The molecular formula is C14H19Cl2NO3S. The van der Waals surface area contributed by atoms with Gasteiger partial charge in [0.15, 0.2) is 0 Å². The second-order valence-electron chi connectivity index (χ2n) is 5.75. The Labute approximate surface area is 135 Å². The Bertz CT molecular complexity index is 662. The molecule has 0 amide bonds. The van der Waals surface area contributed by atoms with Crippen molar-refractivity contribution in [3.05, 3.63) is 33.8 Å². The second-order valence-corrected chi connectivity index (χ2v) is 7.99. The molecule has 21 heavy (non-hydrogen) atoms. The number of halogens is 2. The maximum absolute atomic E-state index is 11.6. The predicted octanol–water partition coefficient (Wildman–Crippen LogP) is 3.64. The van der Waals surface area contributed by atoms with E-state index in [0.29, 0.717) is 16.3 Å². The van der Waals surface area contributed by atoms with Gasteiger partial charge in [-0.3, -0.25) is 0 Å². The third-order valence-corrected chi connectivity index (χ3v) is 4.52. The van der Waals surface area contributed by atoms with Crippen molar-refractivity contribution in [2.24, 2.45) is 5.14 Å². The molecule has 2 N–H and O–H groups in total. The zero-order valence-corrected chi connectivity index (χ0v) is 14.7. The molecule has 0 fully saturated rings. The van der Waals surface area contributed by atoms with Crippen molar-refractivity contribution >= 4 is 33.2 Å². The molecule has 0 bridgehead atoms. The number of nitrogens with two attached hydrogens (primary N) is 1. The van der Waals surface area contributed by atoms with Crippen molar-refractivity contribution < 1.29 is 13.2 Å². The van der Waals surface area contributed by atoms with Crippen LogP contribution < -0.4 is 9.88 Å². The first kappa shape index (κ1) is 18.3. The highest BCUT2D eigenvalue weighted by Gasteiger charge is 2.24. The molecule has 0 aliphatic heterocycles. The summed E-state index contributed by atoms with van der Waals surface area (Å²) in [5, 5.41) is 5.60. The van der Waals surface area contributed by atoms with Crippen LogP contribution >= 0.6 is 23.2 Å². The summed E-state index contributed by atoms with van der Waals surface area (Å²) in [7, 11) is -3.78. The Hall–Kier alpha value is -0.750. The molecule has 0 saturated heterocycles. The third-order valence-electron chi connectivity index (χ3n) is 2.88. The molecule has 118 valence electrons. The summed E-state index contributed by atoms with van der Waals surface area (Å²) >= 11 is 11.3. The zero-order chi connectivity index (χ0) is 16.4. The quantitative estimate of drug-likeness (QED) is 0.899. The van der Waals surface area contributed by atoms with E-state index in [-0.39, 0.29) is 16.9 Å². The van der Waals surface area contributed by atoms with Gasteiger partial charge in [-0.1, -0.05) is 44.0 Å². The molecule has 7 heteroatoms. The van der Waals surface area contributed by atoms with Crippen LogP contribution in [0.3, 0.4) is 0 Å². The molecule has 0 aliphatic rings. The Kier molecular flexibility index (Phi) is 5.72. The number of sulfonamides is 1. The van der Waals surface area contributed by atoms with E-state index in [1.807, 2.05) is 20.8 Å². The lowest BCUT2D eigenvalue weighted by molar-refractivity contribution is 0.346. The van der Waals surface area contributed by atoms with Gasteiger partial charge in [-0.25, -0.2) is 13.6 Å². The van der Waals surface area contributed by atoms with E-state index in [2.05, 4.69) is 0 Å². The first-order chi connectivity index (χ1) is 9.46. The summed E-state index contributed by atoms with van der Waals surface area (Å²) in [4.78, 5) is 0.0961. The van der Waals surface area contributed by atoms with Crippen molar-refractivity contribution in [3.63, 3.8) is 0 Å². The molecule has 0 unspecified atom stereocenters. The molecule has 0 heterocycles. The van der Waals surface area contributed by atoms with Gasteiger partial charge in [-0.2, -0.15) is 0 Å². The average Bonchev–Trinajstić information content (AvgIpc) is 2.32. The second kappa shape index (κ2) is 6.57. The molecule has 0 aromatic heterocycles. The van der Waals surface area contributed by atoms with E-state index >= 15 is 0 Å². The number of hydrogen-bond donors (Lipinski definition) is 1. The van der Waals surface area contributed by atoms with Gasteiger partial charge in [0, 0.05) is 11.1 Å². The van der Waals surface area contributed by atoms with E-state index in [9.17, 15) is 8.42 Å². The first-order valence-electron chi connectivity index (χ1n) is 6.22. The van der Waals surface area contributed by atoms with Gasteiger partial charge in [0.25, 0.3) is 0 Å². The molecule has 1 aromatic rings. The third kappa shape index (κ3) is 4.88. The molecule has 0 spiro atoms. The van der Waals surface area contributed by atoms with Crippen LogP contribution in [-0.2, 0) is 15.4 Å². The van der Waals surface area contributed by atoms with Gasteiger partial charge in [-0.15, -0.1) is 0 Å². The van der Waals surface area contributed by atoms with E-state index in [0.717, 1.165) is 5.56 Å². The molecule has 0 aliphatic carbocycles. The summed E-state index contributed by atoms with van der Waals surface area (Å²) in [5.74, 6) is 0.559. The minimum absolute atomic E-state index is 0.0961. The number of primary sulfonamides is 1. The van der Waals surface area contributed by atoms with Gasteiger partial charge in [0.2, 0.25) is 10.0 Å². The van der Waals surface area contributed by atoms with Crippen molar-refractivity contribution in [3.8, 4) is 5.75 Å². The summed E-state index contributed by atoms with van der Waals surface area (Å²) in [6.07, 6.45) is 0. The maximum atomic E-state index is 11.6. The van der Waals surface area contributed by atoms with Crippen molar-refractivity contribution in [2.45, 2.75) is 38.0 Å². The van der Waals surface area contributed by atoms with Crippen LogP contribution in [0, 0.1) is 6.92 Å². The molecule has 0 atom stereocenters. The highest BCUT2D eigenvalue weighted by Crippen LogP contribution is 2.35. The van der Waals surface area contributed by atoms with E-state index < -0.39 is 10.0 Å².